The Bertz CT molecular complexity index is 837. The van der Waals surface area contributed by atoms with E-state index in [9.17, 15) is 5.11 Å². The number of nitrogens with zero attached hydrogens (tertiary/aromatic N) is 3. The summed E-state index contributed by atoms with van der Waals surface area (Å²) in [6.45, 7) is 3.98. The number of hydrogen-bond donors (Lipinski definition) is 2. The molecule has 1 unspecified atom stereocenters. The van der Waals surface area contributed by atoms with Crippen LogP contribution >= 0.6 is 0 Å². The van der Waals surface area contributed by atoms with Crippen molar-refractivity contribution in [1.29, 1.82) is 0 Å². The van der Waals surface area contributed by atoms with E-state index < -0.39 is 0 Å². The predicted octanol–water partition coefficient (Wildman–Crippen LogP) is 0.202. The van der Waals surface area contributed by atoms with Gasteiger partial charge in [0.25, 0.3) is 0 Å². The highest BCUT2D eigenvalue weighted by Gasteiger charge is 2.40. The van der Waals surface area contributed by atoms with E-state index in [1.807, 2.05) is 30.3 Å². The van der Waals surface area contributed by atoms with Crippen molar-refractivity contribution in [3.05, 3.63) is 47.9 Å². The Kier molecular flexibility index (Phi) is 4.80. The first-order chi connectivity index (χ1) is 13.1. The fourth-order valence-electron chi connectivity index (χ4n) is 3.14. The average Bonchev–Trinajstić information content (AvgIpc) is 3.44. The van der Waals surface area contributed by atoms with Crippen molar-refractivity contribution in [2.45, 2.75) is 31.5 Å². The molecule has 2 aromatic rings. The van der Waals surface area contributed by atoms with E-state index in [1.165, 1.54) is 6.33 Å². The zero-order valence-corrected chi connectivity index (χ0v) is 15.5. The molecule has 0 spiro atoms. The molecule has 1 aromatic carbocycles. The normalized spacial score (nSPS) is 21.0. The molecule has 0 bridgehead atoms. The zero-order chi connectivity index (χ0) is 18.9. The lowest BCUT2D eigenvalue weighted by molar-refractivity contribution is -0.111. The van der Waals surface area contributed by atoms with Crippen molar-refractivity contribution in [2.75, 3.05) is 31.2 Å². The van der Waals surface area contributed by atoms with Crippen molar-refractivity contribution in [3.63, 3.8) is 0 Å². The molecule has 0 amide bonds. The molecule has 27 heavy (non-hydrogen) atoms. The van der Waals surface area contributed by atoms with E-state index in [1.54, 1.807) is 0 Å². The third kappa shape index (κ3) is 4.09. The molecule has 1 aliphatic heterocycles. The van der Waals surface area contributed by atoms with Gasteiger partial charge in [-0.25, -0.2) is 9.97 Å². The van der Waals surface area contributed by atoms with E-state index in [-0.39, 0.29) is 18.3 Å². The number of aromatic nitrogens is 2. The summed E-state index contributed by atoms with van der Waals surface area (Å²) in [7, 11) is 0. The molecule has 4 rings (SSSR count). The van der Waals surface area contributed by atoms with Crippen LogP contribution < -0.4 is 15.0 Å². The van der Waals surface area contributed by atoms with E-state index >= 15 is 0 Å². The van der Waals surface area contributed by atoms with Gasteiger partial charge in [0, 0.05) is 19.2 Å². The molecule has 142 valence electrons. The summed E-state index contributed by atoms with van der Waals surface area (Å²) in [5.74, 6) is 1.60. The van der Waals surface area contributed by atoms with Gasteiger partial charge in [0.05, 0.1) is 24.9 Å². The number of nitrogens with two attached hydrogens (primary N) is 1. The Balaban J connectivity index is 1.53. The number of benzene rings is 1. The standard InChI is InChI=1S/C20H24N4O3/c1-20(5-6-20)27-15-4-2-3-14(9-15)19(21)17-10-18(23-13-22-17)24-7-8-26-16(11-24)12-25/h2-4,9-10,13,16,21,25H,5-8,11-12H2,1H3/p+1. The Morgan fingerprint density at radius 1 is 1.37 bits per heavy atom. The molecule has 3 N–H and O–H groups in total. The summed E-state index contributed by atoms with van der Waals surface area (Å²) < 4.78 is 11.5. The number of rotatable bonds is 6. The second kappa shape index (κ2) is 7.25. The minimum absolute atomic E-state index is 0.00554. The van der Waals surface area contributed by atoms with Crippen molar-refractivity contribution < 1.29 is 20.0 Å². The average molecular weight is 369 g/mol. The smallest absolute Gasteiger partial charge is 0.230 e. The highest BCUT2D eigenvalue weighted by atomic mass is 16.5. The van der Waals surface area contributed by atoms with Gasteiger partial charge in [-0.3, -0.25) is 5.41 Å². The van der Waals surface area contributed by atoms with Crippen molar-refractivity contribution >= 4 is 11.5 Å². The third-order valence-electron chi connectivity index (χ3n) is 5.06. The van der Waals surface area contributed by atoms with Crippen LogP contribution in [0.1, 0.15) is 31.0 Å². The van der Waals surface area contributed by atoms with Gasteiger partial charge in [0.2, 0.25) is 5.71 Å². The molecule has 1 aliphatic carbocycles. The number of ether oxygens (including phenoxy) is 2. The molecule has 2 fully saturated rings. The van der Waals surface area contributed by atoms with Crippen molar-refractivity contribution in [2.24, 2.45) is 0 Å². The number of hydrogen-bond acceptors (Lipinski definition) is 6. The predicted molar refractivity (Wildman–Crippen MR) is 101 cm³/mol. The monoisotopic (exact) mass is 369 g/mol. The third-order valence-corrected chi connectivity index (χ3v) is 5.06. The van der Waals surface area contributed by atoms with Gasteiger partial charge < -0.3 is 19.5 Å². The Morgan fingerprint density at radius 3 is 3.00 bits per heavy atom. The molecule has 1 atom stereocenters. The van der Waals surface area contributed by atoms with E-state index in [0.717, 1.165) is 36.5 Å². The van der Waals surface area contributed by atoms with Crippen LogP contribution in [0.3, 0.4) is 0 Å². The first kappa shape index (κ1) is 17.9. The summed E-state index contributed by atoms with van der Waals surface area (Å²) >= 11 is 0. The van der Waals surface area contributed by atoms with E-state index in [0.29, 0.717) is 24.6 Å². The van der Waals surface area contributed by atoms with Gasteiger partial charge >= 0.3 is 0 Å². The summed E-state index contributed by atoms with van der Waals surface area (Å²) in [6.07, 6.45) is 3.49. The minimum Gasteiger partial charge on any atom is -0.488 e. The Hall–Kier alpha value is -2.51. The van der Waals surface area contributed by atoms with Crippen LogP contribution in [0.15, 0.2) is 36.7 Å². The molecule has 7 heteroatoms. The largest absolute Gasteiger partial charge is 0.488 e. The molecule has 2 aliphatic rings. The molecule has 1 aromatic heterocycles. The highest BCUT2D eigenvalue weighted by Crippen LogP contribution is 2.39. The molecular formula is C20H25N4O3+. The van der Waals surface area contributed by atoms with Crippen LogP contribution in [0, 0.1) is 0 Å². The highest BCUT2D eigenvalue weighted by molar-refractivity contribution is 6.08. The maximum atomic E-state index is 9.34. The van der Waals surface area contributed by atoms with Crippen LogP contribution in [0.4, 0.5) is 5.82 Å². The van der Waals surface area contributed by atoms with Gasteiger partial charge in [-0.15, -0.1) is 0 Å². The lowest BCUT2D eigenvalue weighted by Gasteiger charge is -2.32. The van der Waals surface area contributed by atoms with Crippen LogP contribution in [0.25, 0.3) is 0 Å². The molecule has 2 heterocycles. The minimum atomic E-state index is -0.198. The van der Waals surface area contributed by atoms with Gasteiger partial charge in [-0.05, 0) is 38.0 Å². The molecule has 7 nitrogen and oxygen atoms in total. The molecule has 1 saturated carbocycles. The second-order valence-electron chi connectivity index (χ2n) is 7.38. The van der Waals surface area contributed by atoms with Crippen LogP contribution in [0.5, 0.6) is 5.75 Å². The van der Waals surface area contributed by atoms with E-state index in [2.05, 4.69) is 21.8 Å². The summed E-state index contributed by atoms with van der Waals surface area (Å²) in [5, 5.41) is 15.7. The quantitative estimate of drug-likeness (QED) is 0.707. The van der Waals surface area contributed by atoms with Gasteiger partial charge in [-0.1, -0.05) is 6.07 Å². The number of anilines is 1. The zero-order valence-electron chi connectivity index (χ0n) is 15.5. The maximum Gasteiger partial charge on any atom is 0.230 e. The van der Waals surface area contributed by atoms with Crippen LogP contribution in [-0.2, 0) is 4.74 Å². The van der Waals surface area contributed by atoms with Gasteiger partial charge in [0.1, 0.15) is 29.2 Å². The van der Waals surface area contributed by atoms with Crippen molar-refractivity contribution in [3.8, 4) is 5.75 Å². The molecule has 1 saturated heterocycles. The van der Waals surface area contributed by atoms with E-state index in [4.69, 9.17) is 14.9 Å². The van der Waals surface area contributed by atoms with Gasteiger partial charge in [0.15, 0.2) is 0 Å². The number of aliphatic hydroxyl groups is 1. The summed E-state index contributed by atoms with van der Waals surface area (Å²) in [5.41, 5.74) is 2.09. The molecular weight excluding hydrogens is 344 g/mol. The Morgan fingerprint density at radius 2 is 2.22 bits per heavy atom. The van der Waals surface area contributed by atoms with Crippen molar-refractivity contribution in [1.82, 2.24) is 9.97 Å². The fourth-order valence-corrected chi connectivity index (χ4v) is 3.14. The second-order valence-corrected chi connectivity index (χ2v) is 7.38. The number of morpholine rings is 1. The lowest BCUT2D eigenvalue weighted by atomic mass is 10.1. The summed E-state index contributed by atoms with van der Waals surface area (Å²) in [4.78, 5) is 10.8. The molecule has 0 radical (unpaired) electrons. The van der Waals surface area contributed by atoms with Gasteiger partial charge in [-0.2, -0.15) is 0 Å². The lowest BCUT2D eigenvalue weighted by Crippen LogP contribution is -2.45. The fraction of sp³-hybridized carbons (Fsp3) is 0.450. The van der Waals surface area contributed by atoms with Crippen LogP contribution in [-0.4, -0.2) is 58.8 Å². The van der Waals surface area contributed by atoms with Crippen LogP contribution in [0.2, 0.25) is 0 Å². The first-order valence-electron chi connectivity index (χ1n) is 9.28. The SMILES string of the molecule is CC1(Oc2cccc(C(=[NH2+])c3cc(N4CCOC(CO)C4)ncn3)c2)CC1. The first-order valence-corrected chi connectivity index (χ1v) is 9.28. The number of aliphatic hydroxyl groups excluding tert-OH is 1. The summed E-state index contributed by atoms with van der Waals surface area (Å²) in [6, 6.07) is 9.69. The topological polar surface area (TPSA) is 93.3 Å². The Labute approximate surface area is 158 Å². The maximum absolute atomic E-state index is 9.34.